The van der Waals surface area contributed by atoms with Gasteiger partial charge in [0.2, 0.25) is 0 Å². The number of hydrogen-bond acceptors (Lipinski definition) is 5. The van der Waals surface area contributed by atoms with Gasteiger partial charge in [-0.1, -0.05) is 17.9 Å². The number of hydrogen-bond donors (Lipinski definition) is 2. The molecular weight excluding hydrogens is 382 g/mol. The topological polar surface area (TPSA) is 100 Å². The van der Waals surface area contributed by atoms with Crippen molar-refractivity contribution in [2.45, 2.75) is 31.8 Å². The minimum absolute atomic E-state index is 0.133. The summed E-state index contributed by atoms with van der Waals surface area (Å²) in [5, 5.41) is 3.82. The molecule has 156 valence electrons. The Bertz CT molecular complexity index is 1080. The van der Waals surface area contributed by atoms with E-state index in [1.54, 1.807) is 35.5 Å². The summed E-state index contributed by atoms with van der Waals surface area (Å²) in [6.07, 6.45) is 9.52. The lowest BCUT2D eigenvalue weighted by Gasteiger charge is -2.32. The molecule has 3 N–H and O–H groups in total. The van der Waals surface area contributed by atoms with E-state index in [0.717, 1.165) is 42.5 Å². The summed E-state index contributed by atoms with van der Waals surface area (Å²) >= 11 is 0. The highest BCUT2D eigenvalue weighted by molar-refractivity contribution is 5.95. The molecule has 1 aromatic heterocycles. The lowest BCUT2D eigenvalue weighted by atomic mass is 9.96. The first-order valence-corrected chi connectivity index (χ1v) is 10.3. The number of likely N-dealkylation sites (tertiary alicyclic amines) is 1. The van der Waals surface area contributed by atoms with Gasteiger partial charge in [-0.05, 0) is 67.0 Å². The Kier molecular flexibility index (Phi) is 5.26. The number of benzene rings is 1. The Morgan fingerprint density at radius 2 is 2.00 bits per heavy atom. The summed E-state index contributed by atoms with van der Waals surface area (Å²) in [6, 6.07) is 6.80. The van der Waals surface area contributed by atoms with Crippen molar-refractivity contribution in [3.8, 4) is 0 Å². The number of carbonyl (C=O) groups excluding carboxylic acids is 2. The average molecular weight is 408 g/mol. The van der Waals surface area contributed by atoms with Gasteiger partial charge in [-0.15, -0.1) is 0 Å². The maximum absolute atomic E-state index is 12.9. The number of aromatic nitrogens is 1. The first-order chi connectivity index (χ1) is 14.4. The predicted octanol–water partition coefficient (Wildman–Crippen LogP) is 2.58. The normalized spacial score (nSPS) is 20.9. The molecule has 1 saturated heterocycles. The summed E-state index contributed by atoms with van der Waals surface area (Å²) in [5.74, 6) is -0.133. The summed E-state index contributed by atoms with van der Waals surface area (Å²) in [4.78, 5) is 39.0. The molecule has 30 heavy (non-hydrogen) atoms. The fourth-order valence-electron chi connectivity index (χ4n) is 4.00. The molecule has 0 radical (unpaired) electrons. The number of dihydropyridines is 1. The zero-order chi connectivity index (χ0) is 21.3. The summed E-state index contributed by atoms with van der Waals surface area (Å²) in [5.41, 5.74) is 7.48. The Morgan fingerprint density at radius 1 is 1.23 bits per heavy atom. The molecule has 2 amide bonds. The van der Waals surface area contributed by atoms with Crippen LogP contribution in [-0.2, 0) is 4.79 Å². The number of nitrogens with one attached hydrogen (secondary N) is 1. The summed E-state index contributed by atoms with van der Waals surface area (Å²) < 4.78 is 1.83. The van der Waals surface area contributed by atoms with Gasteiger partial charge in [-0.3, -0.25) is 10.5 Å². The van der Waals surface area contributed by atoms with Crippen molar-refractivity contribution in [2.24, 2.45) is 5.73 Å². The molecule has 3 heterocycles. The van der Waals surface area contributed by atoms with Crippen LogP contribution < -0.4 is 11.1 Å². The number of allylic oxidation sites excluding steroid dienone is 2. The van der Waals surface area contributed by atoms with E-state index in [1.165, 1.54) is 4.57 Å². The van der Waals surface area contributed by atoms with Gasteiger partial charge < -0.3 is 10.2 Å². The van der Waals surface area contributed by atoms with Crippen LogP contribution in [-0.4, -0.2) is 51.5 Å². The third kappa shape index (κ3) is 3.54. The van der Waals surface area contributed by atoms with Gasteiger partial charge in [0.15, 0.2) is 5.66 Å². The fourth-order valence-corrected chi connectivity index (χ4v) is 4.00. The average Bonchev–Trinajstić information content (AvgIpc) is 3.42. The van der Waals surface area contributed by atoms with E-state index >= 15 is 0 Å². The smallest absolute Gasteiger partial charge is 0.362 e. The molecule has 0 bridgehead atoms. The molecule has 8 heteroatoms. The van der Waals surface area contributed by atoms with Crippen LogP contribution in [0.4, 0.5) is 4.79 Å². The Hall–Kier alpha value is -3.26. The van der Waals surface area contributed by atoms with Gasteiger partial charge in [0.05, 0.1) is 0 Å². The van der Waals surface area contributed by atoms with Gasteiger partial charge in [0, 0.05) is 23.2 Å². The quantitative estimate of drug-likeness (QED) is 0.758. The van der Waals surface area contributed by atoms with Crippen molar-refractivity contribution in [3.63, 3.8) is 0 Å². The van der Waals surface area contributed by atoms with E-state index in [2.05, 4.69) is 5.32 Å². The molecule has 1 unspecified atom stereocenters. The standard InChI is InChI=1S/C22H26N5O3/c1-2-10-27(30)21(29)26-13-8-17-14-16(5-6-19(17)26)18-7-9-24-22(23,15-18)20(28)25-11-3-4-12-25/h5-9,13-15,24H,2-4,10-12,23H2,1H3/q+1. The number of amides is 2. The van der Waals surface area contributed by atoms with Crippen LogP contribution in [0.1, 0.15) is 31.7 Å². The maximum Gasteiger partial charge on any atom is 0.541 e. The van der Waals surface area contributed by atoms with E-state index in [9.17, 15) is 14.5 Å². The number of rotatable bonds is 4. The van der Waals surface area contributed by atoms with Gasteiger partial charge in [0.25, 0.3) is 5.91 Å². The second kappa shape index (κ2) is 7.87. The minimum Gasteiger partial charge on any atom is -0.362 e. The number of nitrogens with two attached hydrogens (primary N) is 1. The van der Waals surface area contributed by atoms with E-state index in [1.807, 2.05) is 25.1 Å². The van der Waals surface area contributed by atoms with Crippen molar-refractivity contribution >= 4 is 28.4 Å². The molecule has 2 aliphatic rings. The highest BCUT2D eigenvalue weighted by Gasteiger charge is 2.37. The third-order valence-corrected chi connectivity index (χ3v) is 5.59. The molecule has 2 aliphatic heterocycles. The van der Waals surface area contributed by atoms with E-state index in [4.69, 9.17) is 5.73 Å². The van der Waals surface area contributed by atoms with Crippen LogP contribution in [0.15, 0.2) is 48.8 Å². The SMILES string of the molecule is CCC[N+](=O)C(=O)n1ccc2cc(C3=CC(N)(C(=O)N4CCCC4)NC=C3)ccc21. The van der Waals surface area contributed by atoms with Crippen LogP contribution in [0, 0.1) is 4.91 Å². The second-order valence-electron chi connectivity index (χ2n) is 7.79. The number of fused-ring (bicyclic) bond motifs is 1. The van der Waals surface area contributed by atoms with Crippen molar-refractivity contribution in [3.05, 3.63) is 59.3 Å². The fraction of sp³-hybridized carbons (Fsp3) is 0.364. The third-order valence-electron chi connectivity index (χ3n) is 5.59. The lowest BCUT2D eigenvalue weighted by molar-refractivity contribution is -0.450. The van der Waals surface area contributed by atoms with Crippen molar-refractivity contribution < 1.29 is 14.3 Å². The van der Waals surface area contributed by atoms with Gasteiger partial charge in [-0.2, -0.15) is 9.36 Å². The van der Waals surface area contributed by atoms with Crippen LogP contribution in [0.2, 0.25) is 0 Å². The molecule has 2 aromatic rings. The van der Waals surface area contributed by atoms with Crippen LogP contribution in [0.25, 0.3) is 16.5 Å². The molecule has 4 rings (SSSR count). The van der Waals surface area contributed by atoms with E-state index < -0.39 is 11.7 Å². The van der Waals surface area contributed by atoms with E-state index in [0.29, 0.717) is 16.7 Å². The zero-order valence-corrected chi connectivity index (χ0v) is 17.0. The number of carbonyl (C=O) groups is 2. The molecule has 0 spiro atoms. The summed E-state index contributed by atoms with van der Waals surface area (Å²) in [7, 11) is 0. The first-order valence-electron chi connectivity index (χ1n) is 10.3. The molecule has 1 fully saturated rings. The molecule has 0 aliphatic carbocycles. The molecular formula is C22H26N5O3+. The van der Waals surface area contributed by atoms with Gasteiger partial charge >= 0.3 is 6.03 Å². The monoisotopic (exact) mass is 408 g/mol. The Morgan fingerprint density at radius 3 is 2.73 bits per heavy atom. The second-order valence-corrected chi connectivity index (χ2v) is 7.79. The molecule has 8 nitrogen and oxygen atoms in total. The molecule has 1 atom stereocenters. The van der Waals surface area contributed by atoms with Crippen molar-refractivity contribution in [1.29, 1.82) is 0 Å². The number of nitroso groups, excluding NO2 is 1. The highest BCUT2D eigenvalue weighted by Crippen LogP contribution is 2.27. The lowest BCUT2D eigenvalue weighted by Crippen LogP contribution is -2.62. The largest absolute Gasteiger partial charge is 0.541 e. The summed E-state index contributed by atoms with van der Waals surface area (Å²) in [6.45, 7) is 3.47. The highest BCUT2D eigenvalue weighted by atomic mass is 16.3. The van der Waals surface area contributed by atoms with Crippen molar-refractivity contribution in [1.82, 2.24) is 14.8 Å². The Labute approximate surface area is 174 Å². The minimum atomic E-state index is -1.28. The molecule has 1 aromatic carbocycles. The van der Waals surface area contributed by atoms with Gasteiger partial charge in [-0.25, -0.2) is 0 Å². The Balaban J connectivity index is 1.63. The predicted molar refractivity (Wildman–Crippen MR) is 115 cm³/mol. The van der Waals surface area contributed by atoms with Crippen LogP contribution in [0.5, 0.6) is 0 Å². The van der Waals surface area contributed by atoms with Crippen molar-refractivity contribution in [2.75, 3.05) is 19.6 Å². The first kappa shape index (κ1) is 20.0. The van der Waals surface area contributed by atoms with E-state index in [-0.39, 0.29) is 12.5 Å². The van der Waals surface area contributed by atoms with Crippen LogP contribution in [0.3, 0.4) is 0 Å². The molecule has 0 saturated carbocycles. The number of nitrogens with zero attached hydrogens (tertiary/aromatic N) is 3. The van der Waals surface area contributed by atoms with Crippen LogP contribution >= 0.6 is 0 Å². The maximum atomic E-state index is 12.9. The zero-order valence-electron chi connectivity index (χ0n) is 17.0. The van der Waals surface area contributed by atoms with Gasteiger partial charge in [0.1, 0.15) is 18.3 Å².